The number of aromatic nitrogens is 1. The molecule has 0 radical (unpaired) electrons. The van der Waals surface area contributed by atoms with Crippen LogP contribution in [0.15, 0.2) is 30.3 Å². The lowest BCUT2D eigenvalue weighted by Crippen LogP contribution is -1.99. The number of rotatable bonds is 3. The van der Waals surface area contributed by atoms with E-state index in [4.69, 9.17) is 10.5 Å². The average Bonchev–Trinajstić information content (AvgIpc) is 2.33. The number of nitrogens with zero attached hydrogens (tertiary/aromatic N) is 1. The van der Waals surface area contributed by atoms with Crippen molar-refractivity contribution in [1.29, 1.82) is 0 Å². The third-order valence-electron chi connectivity index (χ3n) is 3.10. The van der Waals surface area contributed by atoms with Crippen molar-refractivity contribution in [2.75, 3.05) is 5.73 Å². The number of pyridine rings is 1. The van der Waals surface area contributed by atoms with E-state index >= 15 is 0 Å². The Kier molecular flexibility index (Phi) is 3.74. The number of hydrogen-bond donors (Lipinski definition) is 1. The summed E-state index contributed by atoms with van der Waals surface area (Å²) in [6.45, 7) is 8.18. The number of nitrogens with two attached hydrogens (primary N) is 1. The summed E-state index contributed by atoms with van der Waals surface area (Å²) in [6.07, 6.45) is 0. The predicted molar refractivity (Wildman–Crippen MR) is 78.7 cm³/mol. The van der Waals surface area contributed by atoms with Crippen molar-refractivity contribution < 1.29 is 4.74 Å². The van der Waals surface area contributed by atoms with E-state index in [0.717, 1.165) is 28.3 Å². The van der Waals surface area contributed by atoms with Crippen molar-refractivity contribution in [2.24, 2.45) is 0 Å². The highest BCUT2D eigenvalue weighted by molar-refractivity contribution is 5.55. The fourth-order valence-corrected chi connectivity index (χ4v) is 1.94. The van der Waals surface area contributed by atoms with Crippen LogP contribution in [0.1, 0.15) is 36.6 Å². The molecule has 0 saturated carbocycles. The maximum atomic E-state index is 5.97. The summed E-state index contributed by atoms with van der Waals surface area (Å²) in [4.78, 5) is 4.37. The van der Waals surface area contributed by atoms with Gasteiger partial charge in [-0.3, -0.25) is 0 Å². The van der Waals surface area contributed by atoms with Gasteiger partial charge in [-0.1, -0.05) is 19.9 Å². The fourth-order valence-electron chi connectivity index (χ4n) is 1.94. The molecule has 1 heterocycles. The van der Waals surface area contributed by atoms with Gasteiger partial charge in [0.05, 0.1) is 0 Å². The van der Waals surface area contributed by atoms with Gasteiger partial charge in [-0.15, -0.1) is 0 Å². The number of aryl methyl sites for hydroxylation is 2. The lowest BCUT2D eigenvalue weighted by Gasteiger charge is -2.15. The molecule has 19 heavy (non-hydrogen) atoms. The van der Waals surface area contributed by atoms with E-state index in [1.54, 1.807) is 0 Å². The van der Waals surface area contributed by atoms with Crippen LogP contribution in [0.25, 0.3) is 0 Å². The Labute approximate surface area is 114 Å². The zero-order chi connectivity index (χ0) is 14.0. The molecule has 0 aliphatic carbocycles. The van der Waals surface area contributed by atoms with Crippen molar-refractivity contribution in [1.82, 2.24) is 4.98 Å². The molecule has 0 aliphatic heterocycles. The molecular weight excluding hydrogens is 236 g/mol. The average molecular weight is 256 g/mol. The third kappa shape index (κ3) is 3.05. The molecule has 100 valence electrons. The van der Waals surface area contributed by atoms with Crippen LogP contribution in [-0.4, -0.2) is 4.98 Å². The maximum Gasteiger partial charge on any atom is 0.219 e. The van der Waals surface area contributed by atoms with Crippen molar-refractivity contribution in [3.63, 3.8) is 0 Å². The second kappa shape index (κ2) is 5.31. The van der Waals surface area contributed by atoms with Gasteiger partial charge in [0.1, 0.15) is 5.75 Å². The van der Waals surface area contributed by atoms with E-state index in [-0.39, 0.29) is 0 Å². The van der Waals surface area contributed by atoms with E-state index in [9.17, 15) is 0 Å². The summed E-state index contributed by atoms with van der Waals surface area (Å²) >= 11 is 0. The first-order valence-electron chi connectivity index (χ1n) is 6.49. The Morgan fingerprint density at radius 3 is 2.53 bits per heavy atom. The van der Waals surface area contributed by atoms with Crippen LogP contribution in [0.2, 0.25) is 0 Å². The quantitative estimate of drug-likeness (QED) is 0.837. The molecule has 0 fully saturated rings. The van der Waals surface area contributed by atoms with Crippen LogP contribution < -0.4 is 10.5 Å². The van der Waals surface area contributed by atoms with Gasteiger partial charge >= 0.3 is 0 Å². The number of anilines is 1. The summed E-state index contributed by atoms with van der Waals surface area (Å²) in [7, 11) is 0. The third-order valence-corrected chi connectivity index (χ3v) is 3.10. The minimum absolute atomic E-state index is 0.350. The first kappa shape index (κ1) is 13.4. The smallest absolute Gasteiger partial charge is 0.219 e. The molecule has 1 aromatic carbocycles. The van der Waals surface area contributed by atoms with Gasteiger partial charge in [-0.2, -0.15) is 0 Å². The molecule has 0 amide bonds. The summed E-state index contributed by atoms with van der Waals surface area (Å²) in [6, 6.07) is 9.73. The van der Waals surface area contributed by atoms with E-state index in [0.29, 0.717) is 11.8 Å². The Bertz CT molecular complexity index is 591. The molecule has 0 bridgehead atoms. The van der Waals surface area contributed by atoms with Crippen LogP contribution in [0.3, 0.4) is 0 Å². The van der Waals surface area contributed by atoms with Gasteiger partial charge < -0.3 is 10.5 Å². The second-order valence-electron chi connectivity index (χ2n) is 5.12. The Balaban J connectivity index is 2.41. The van der Waals surface area contributed by atoms with Crippen LogP contribution in [0.5, 0.6) is 11.6 Å². The van der Waals surface area contributed by atoms with Crippen LogP contribution in [-0.2, 0) is 0 Å². The first-order chi connectivity index (χ1) is 8.97. The number of nitrogen functional groups attached to an aromatic ring is 1. The minimum Gasteiger partial charge on any atom is -0.439 e. The molecule has 2 rings (SSSR count). The van der Waals surface area contributed by atoms with Gasteiger partial charge in [0, 0.05) is 17.4 Å². The zero-order valence-corrected chi connectivity index (χ0v) is 11.9. The second-order valence-corrected chi connectivity index (χ2v) is 5.12. The summed E-state index contributed by atoms with van der Waals surface area (Å²) in [5.41, 5.74) is 9.84. The largest absolute Gasteiger partial charge is 0.439 e. The highest BCUT2D eigenvalue weighted by Gasteiger charge is 2.12. The Morgan fingerprint density at radius 1 is 1.16 bits per heavy atom. The molecule has 2 N–H and O–H groups in total. The highest BCUT2D eigenvalue weighted by Crippen LogP contribution is 2.33. The number of ether oxygens (including phenoxy) is 1. The standard InChI is InChI=1S/C16H20N2O/c1-10(2)13-9-14(17)11(3)8-15(13)19-16-7-5-6-12(4)18-16/h5-10H,17H2,1-4H3. The van der Waals surface area contributed by atoms with E-state index < -0.39 is 0 Å². The fraction of sp³-hybridized carbons (Fsp3) is 0.312. The van der Waals surface area contributed by atoms with E-state index in [2.05, 4.69) is 18.8 Å². The van der Waals surface area contributed by atoms with Gasteiger partial charge in [-0.25, -0.2) is 4.98 Å². The topological polar surface area (TPSA) is 48.1 Å². The predicted octanol–water partition coefficient (Wildman–Crippen LogP) is 4.20. The van der Waals surface area contributed by atoms with Crippen LogP contribution >= 0.6 is 0 Å². The summed E-state index contributed by atoms with van der Waals surface area (Å²) in [5.74, 6) is 1.80. The van der Waals surface area contributed by atoms with Gasteiger partial charge in [0.2, 0.25) is 5.88 Å². The lowest BCUT2D eigenvalue weighted by atomic mass is 9.99. The number of hydrogen-bond acceptors (Lipinski definition) is 3. The molecule has 2 aromatic rings. The van der Waals surface area contributed by atoms with Crippen molar-refractivity contribution in [3.05, 3.63) is 47.2 Å². The SMILES string of the molecule is Cc1cccc(Oc2cc(C)c(N)cc2C(C)C)n1. The molecule has 0 spiro atoms. The van der Waals surface area contributed by atoms with Crippen molar-refractivity contribution >= 4 is 5.69 Å². The van der Waals surface area contributed by atoms with E-state index in [1.807, 2.05) is 44.2 Å². The molecule has 1 aromatic heterocycles. The Hall–Kier alpha value is -2.03. The molecule has 0 unspecified atom stereocenters. The van der Waals surface area contributed by atoms with Crippen molar-refractivity contribution in [3.8, 4) is 11.6 Å². The molecule has 0 atom stereocenters. The molecule has 0 saturated heterocycles. The molecule has 3 heteroatoms. The van der Waals surface area contributed by atoms with Gasteiger partial charge in [0.15, 0.2) is 0 Å². The minimum atomic E-state index is 0.350. The normalized spacial score (nSPS) is 10.8. The Morgan fingerprint density at radius 2 is 1.89 bits per heavy atom. The van der Waals surface area contributed by atoms with Crippen LogP contribution in [0.4, 0.5) is 5.69 Å². The van der Waals surface area contributed by atoms with Crippen molar-refractivity contribution in [2.45, 2.75) is 33.6 Å². The number of benzene rings is 1. The van der Waals surface area contributed by atoms with Gasteiger partial charge in [-0.05, 0) is 49.1 Å². The molecular formula is C16H20N2O. The monoisotopic (exact) mass is 256 g/mol. The lowest BCUT2D eigenvalue weighted by molar-refractivity contribution is 0.453. The molecule has 0 aliphatic rings. The summed E-state index contributed by atoms with van der Waals surface area (Å²) < 4.78 is 5.92. The first-order valence-corrected chi connectivity index (χ1v) is 6.49. The maximum absolute atomic E-state index is 5.97. The highest BCUT2D eigenvalue weighted by atomic mass is 16.5. The zero-order valence-electron chi connectivity index (χ0n) is 11.9. The van der Waals surface area contributed by atoms with Crippen LogP contribution in [0, 0.1) is 13.8 Å². The van der Waals surface area contributed by atoms with Gasteiger partial charge in [0.25, 0.3) is 0 Å². The molecule has 3 nitrogen and oxygen atoms in total. The van der Waals surface area contributed by atoms with E-state index in [1.165, 1.54) is 0 Å². The summed E-state index contributed by atoms with van der Waals surface area (Å²) in [5, 5.41) is 0.